The second kappa shape index (κ2) is 4.45. The Morgan fingerprint density at radius 3 is 2.65 bits per heavy atom. The van der Waals surface area contributed by atoms with Crippen molar-refractivity contribution >= 4 is 23.1 Å². The van der Waals surface area contributed by atoms with Gasteiger partial charge in [-0.05, 0) is 30.9 Å². The standard InChI is InChI=1S/C13H16N2OS/c1-9-4-2-3-5-10(9)8-15-12(16)13(6-7-13)11(14)17/h2-5H,6-8H2,1H3,(H2,14,17)(H,15,16). The fourth-order valence-electron chi connectivity index (χ4n) is 1.86. The molecule has 0 atom stereocenters. The van der Waals surface area contributed by atoms with Gasteiger partial charge in [-0.15, -0.1) is 0 Å². The molecular weight excluding hydrogens is 232 g/mol. The first-order valence-corrected chi connectivity index (χ1v) is 6.10. The number of carbonyl (C=O) groups is 1. The summed E-state index contributed by atoms with van der Waals surface area (Å²) in [6.45, 7) is 2.57. The number of aryl methyl sites for hydroxylation is 1. The highest BCUT2D eigenvalue weighted by Gasteiger charge is 2.52. The van der Waals surface area contributed by atoms with E-state index < -0.39 is 5.41 Å². The predicted octanol–water partition coefficient (Wildman–Crippen LogP) is 1.68. The first-order valence-electron chi connectivity index (χ1n) is 5.69. The molecule has 0 unspecified atom stereocenters. The van der Waals surface area contributed by atoms with Crippen LogP contribution in [0.3, 0.4) is 0 Å². The molecule has 90 valence electrons. The van der Waals surface area contributed by atoms with Crippen molar-refractivity contribution in [3.63, 3.8) is 0 Å². The fraction of sp³-hybridized carbons (Fsp3) is 0.385. The van der Waals surface area contributed by atoms with Gasteiger partial charge >= 0.3 is 0 Å². The van der Waals surface area contributed by atoms with E-state index in [2.05, 4.69) is 5.32 Å². The van der Waals surface area contributed by atoms with Gasteiger partial charge in [0.05, 0.1) is 10.4 Å². The maximum atomic E-state index is 12.0. The van der Waals surface area contributed by atoms with Gasteiger partial charge in [0.2, 0.25) is 5.91 Å². The Balaban J connectivity index is 1.98. The van der Waals surface area contributed by atoms with E-state index in [0.717, 1.165) is 18.4 Å². The van der Waals surface area contributed by atoms with Gasteiger partial charge in [0.25, 0.3) is 0 Å². The van der Waals surface area contributed by atoms with E-state index in [-0.39, 0.29) is 5.91 Å². The van der Waals surface area contributed by atoms with Gasteiger partial charge in [-0.3, -0.25) is 4.79 Å². The molecule has 0 saturated heterocycles. The lowest BCUT2D eigenvalue weighted by molar-refractivity contribution is -0.124. The molecule has 1 aliphatic rings. The average molecular weight is 248 g/mol. The second-order valence-corrected chi connectivity index (χ2v) is 5.00. The number of benzene rings is 1. The van der Waals surface area contributed by atoms with Gasteiger partial charge in [0.1, 0.15) is 0 Å². The number of nitrogens with one attached hydrogen (secondary N) is 1. The minimum absolute atomic E-state index is 0.0340. The third-order valence-corrected chi connectivity index (χ3v) is 3.75. The number of thiocarbonyl (C=S) groups is 1. The zero-order valence-corrected chi connectivity index (χ0v) is 10.6. The Hall–Kier alpha value is -1.42. The van der Waals surface area contributed by atoms with Crippen LogP contribution < -0.4 is 11.1 Å². The molecule has 0 bridgehead atoms. The largest absolute Gasteiger partial charge is 0.392 e. The normalized spacial score (nSPS) is 16.3. The smallest absolute Gasteiger partial charge is 0.233 e. The summed E-state index contributed by atoms with van der Waals surface area (Å²) < 4.78 is 0. The summed E-state index contributed by atoms with van der Waals surface area (Å²) in [6, 6.07) is 7.99. The summed E-state index contributed by atoms with van der Waals surface area (Å²) in [7, 11) is 0. The monoisotopic (exact) mass is 248 g/mol. The van der Waals surface area contributed by atoms with Crippen LogP contribution in [0.15, 0.2) is 24.3 Å². The van der Waals surface area contributed by atoms with Crippen molar-refractivity contribution in [3.8, 4) is 0 Å². The molecule has 0 heterocycles. The Morgan fingerprint density at radius 2 is 2.12 bits per heavy atom. The topological polar surface area (TPSA) is 55.1 Å². The average Bonchev–Trinajstić information content (AvgIpc) is 3.08. The summed E-state index contributed by atoms with van der Waals surface area (Å²) in [5.74, 6) is -0.0340. The van der Waals surface area contributed by atoms with Crippen LogP contribution in [0.2, 0.25) is 0 Å². The van der Waals surface area contributed by atoms with E-state index in [1.165, 1.54) is 5.56 Å². The number of rotatable bonds is 4. The molecule has 0 spiro atoms. The van der Waals surface area contributed by atoms with Crippen molar-refractivity contribution in [1.82, 2.24) is 5.32 Å². The third-order valence-electron chi connectivity index (χ3n) is 3.36. The van der Waals surface area contributed by atoms with E-state index in [1.807, 2.05) is 31.2 Å². The zero-order valence-electron chi connectivity index (χ0n) is 9.82. The van der Waals surface area contributed by atoms with Crippen molar-refractivity contribution in [1.29, 1.82) is 0 Å². The van der Waals surface area contributed by atoms with Crippen LogP contribution in [0.5, 0.6) is 0 Å². The Kier molecular flexibility index (Phi) is 3.15. The molecule has 17 heavy (non-hydrogen) atoms. The number of nitrogens with two attached hydrogens (primary N) is 1. The Morgan fingerprint density at radius 1 is 1.47 bits per heavy atom. The first kappa shape index (κ1) is 12.0. The molecule has 1 aromatic rings. The molecule has 1 saturated carbocycles. The first-order chi connectivity index (χ1) is 8.06. The van der Waals surface area contributed by atoms with Crippen LogP contribution in [-0.4, -0.2) is 10.9 Å². The van der Waals surface area contributed by atoms with Crippen molar-refractivity contribution in [2.45, 2.75) is 26.3 Å². The highest BCUT2D eigenvalue weighted by molar-refractivity contribution is 7.80. The molecule has 3 nitrogen and oxygen atoms in total. The van der Waals surface area contributed by atoms with Crippen LogP contribution in [0.25, 0.3) is 0 Å². The van der Waals surface area contributed by atoms with Crippen LogP contribution >= 0.6 is 12.2 Å². The van der Waals surface area contributed by atoms with Crippen molar-refractivity contribution < 1.29 is 4.79 Å². The maximum absolute atomic E-state index is 12.0. The van der Waals surface area contributed by atoms with Gasteiger partial charge in [0.15, 0.2) is 0 Å². The lowest BCUT2D eigenvalue weighted by atomic mass is 10.1. The van der Waals surface area contributed by atoms with Crippen molar-refractivity contribution in [3.05, 3.63) is 35.4 Å². The Labute approximate surface area is 106 Å². The van der Waals surface area contributed by atoms with E-state index >= 15 is 0 Å². The van der Waals surface area contributed by atoms with Crippen LogP contribution in [0, 0.1) is 12.3 Å². The summed E-state index contributed by atoms with van der Waals surface area (Å²) in [4.78, 5) is 12.3. The van der Waals surface area contributed by atoms with E-state index in [9.17, 15) is 4.79 Å². The molecular formula is C13H16N2OS. The van der Waals surface area contributed by atoms with Gasteiger partial charge in [-0.25, -0.2) is 0 Å². The number of hydrogen-bond acceptors (Lipinski definition) is 2. The molecule has 0 aromatic heterocycles. The summed E-state index contributed by atoms with van der Waals surface area (Å²) in [5, 5.41) is 2.92. The van der Waals surface area contributed by atoms with Gasteiger partial charge < -0.3 is 11.1 Å². The number of carbonyl (C=O) groups excluding carboxylic acids is 1. The molecule has 1 fully saturated rings. The third kappa shape index (κ3) is 2.31. The summed E-state index contributed by atoms with van der Waals surface area (Å²) in [6.07, 6.45) is 1.56. The predicted molar refractivity (Wildman–Crippen MR) is 71.5 cm³/mol. The maximum Gasteiger partial charge on any atom is 0.233 e. The highest BCUT2D eigenvalue weighted by Crippen LogP contribution is 2.46. The molecule has 0 radical (unpaired) electrons. The van der Waals surface area contributed by atoms with E-state index in [1.54, 1.807) is 0 Å². The highest BCUT2D eigenvalue weighted by atomic mass is 32.1. The SMILES string of the molecule is Cc1ccccc1CNC(=O)C1(C(N)=S)CC1. The number of amides is 1. The van der Waals surface area contributed by atoms with E-state index in [0.29, 0.717) is 11.5 Å². The van der Waals surface area contributed by atoms with Crippen LogP contribution in [-0.2, 0) is 11.3 Å². The number of hydrogen-bond donors (Lipinski definition) is 2. The molecule has 3 N–H and O–H groups in total. The van der Waals surface area contributed by atoms with Gasteiger partial charge in [-0.1, -0.05) is 36.5 Å². The minimum atomic E-state index is -0.558. The molecule has 2 rings (SSSR count). The molecule has 0 aliphatic heterocycles. The van der Waals surface area contributed by atoms with E-state index in [4.69, 9.17) is 18.0 Å². The molecule has 4 heteroatoms. The molecule has 1 aliphatic carbocycles. The fourth-order valence-corrected chi connectivity index (χ4v) is 2.16. The minimum Gasteiger partial charge on any atom is -0.392 e. The van der Waals surface area contributed by atoms with Crippen molar-refractivity contribution in [2.24, 2.45) is 11.1 Å². The van der Waals surface area contributed by atoms with Crippen LogP contribution in [0.1, 0.15) is 24.0 Å². The van der Waals surface area contributed by atoms with Gasteiger partial charge in [-0.2, -0.15) is 0 Å². The van der Waals surface area contributed by atoms with Gasteiger partial charge in [0, 0.05) is 6.54 Å². The Bertz CT molecular complexity index is 466. The quantitative estimate of drug-likeness (QED) is 0.797. The zero-order chi connectivity index (χ0) is 12.5. The second-order valence-electron chi connectivity index (χ2n) is 4.56. The molecule has 1 amide bonds. The summed E-state index contributed by atoms with van der Waals surface area (Å²) >= 11 is 4.94. The van der Waals surface area contributed by atoms with Crippen molar-refractivity contribution in [2.75, 3.05) is 0 Å². The molecule has 1 aromatic carbocycles. The lowest BCUT2D eigenvalue weighted by Crippen LogP contribution is -2.39. The van der Waals surface area contributed by atoms with Crippen LogP contribution in [0.4, 0.5) is 0 Å². The lowest BCUT2D eigenvalue weighted by Gasteiger charge is -2.14. The summed E-state index contributed by atoms with van der Waals surface area (Å²) in [5.41, 5.74) is 7.34.